The fourth-order valence-corrected chi connectivity index (χ4v) is 4.72. The van der Waals surface area contributed by atoms with Gasteiger partial charge in [0.1, 0.15) is 5.65 Å². The number of aromatic nitrogens is 2. The summed E-state index contributed by atoms with van der Waals surface area (Å²) in [5.74, 6) is -0.535. The number of carbonyl (C=O) groups excluding carboxylic acids is 1. The second kappa shape index (κ2) is 10.2. The molecule has 1 saturated heterocycles. The van der Waals surface area contributed by atoms with Crippen LogP contribution < -0.4 is 5.32 Å². The molecule has 192 valence electrons. The molecular weight excluding hydrogens is 503 g/mol. The van der Waals surface area contributed by atoms with E-state index in [4.69, 9.17) is 11.6 Å². The molecule has 0 radical (unpaired) electrons. The van der Waals surface area contributed by atoms with E-state index >= 15 is 0 Å². The van der Waals surface area contributed by atoms with Gasteiger partial charge in [-0.15, -0.1) is 0 Å². The fourth-order valence-electron chi connectivity index (χ4n) is 4.50. The van der Waals surface area contributed by atoms with E-state index in [0.29, 0.717) is 29.4 Å². The highest BCUT2D eigenvalue weighted by Crippen LogP contribution is 2.35. The molecule has 0 spiro atoms. The minimum Gasteiger partial charge on any atom is -0.322 e. The molecule has 1 N–H and O–H groups in total. The Morgan fingerprint density at radius 3 is 2.59 bits per heavy atom. The van der Waals surface area contributed by atoms with E-state index in [0.717, 1.165) is 24.8 Å². The number of rotatable bonds is 5. The first-order valence-corrected chi connectivity index (χ1v) is 12.2. The largest absolute Gasteiger partial charge is 0.416 e. The molecule has 1 aliphatic rings. The maximum atomic E-state index is 13.9. The lowest BCUT2D eigenvalue weighted by Crippen LogP contribution is -2.44. The highest BCUT2D eigenvalue weighted by Gasteiger charge is 2.34. The average Bonchev–Trinajstić information content (AvgIpc) is 3.30. The summed E-state index contributed by atoms with van der Waals surface area (Å²) in [5.41, 5.74) is 1.79. The number of likely N-dealkylation sites (N-methyl/N-ethyl adjacent to an activating group) is 1. The smallest absolute Gasteiger partial charge is 0.322 e. The summed E-state index contributed by atoms with van der Waals surface area (Å²) in [5, 5.41) is 3.04. The third-order valence-electron chi connectivity index (χ3n) is 6.58. The summed E-state index contributed by atoms with van der Waals surface area (Å²) in [6.45, 7) is 3.24. The van der Waals surface area contributed by atoms with Gasteiger partial charge in [-0.25, -0.2) is 4.98 Å². The summed E-state index contributed by atoms with van der Waals surface area (Å²) in [6, 6.07) is 14.3. The standard InChI is InChI=1S/C27H25ClF3N5O/c1-34-10-12-35(13-11-34)17-19-5-7-20(15-22(19)27(29,30)31)33-26(37)18-6-8-23(28)21(14-18)24-16-32-25-4-2-3-9-36(24)25/h2-9,14-16H,10-13,17H2,1H3,(H,33,37). The minimum absolute atomic E-state index is 0.0748. The minimum atomic E-state index is -4.54. The van der Waals surface area contributed by atoms with Gasteiger partial charge in [-0.05, 0) is 55.1 Å². The zero-order valence-electron chi connectivity index (χ0n) is 20.1. The van der Waals surface area contributed by atoms with Crippen LogP contribution in [0.5, 0.6) is 0 Å². The van der Waals surface area contributed by atoms with Crippen molar-refractivity contribution in [3.63, 3.8) is 0 Å². The van der Waals surface area contributed by atoms with Crippen LogP contribution in [0.4, 0.5) is 18.9 Å². The lowest BCUT2D eigenvalue weighted by atomic mass is 10.0. The summed E-state index contributed by atoms with van der Waals surface area (Å²) in [6.07, 6.45) is -1.05. The molecule has 6 nitrogen and oxygen atoms in total. The Balaban J connectivity index is 1.39. The van der Waals surface area contributed by atoms with Gasteiger partial charge in [0, 0.05) is 55.7 Å². The van der Waals surface area contributed by atoms with E-state index in [-0.39, 0.29) is 23.4 Å². The number of halogens is 4. The van der Waals surface area contributed by atoms with Crippen molar-refractivity contribution >= 4 is 28.8 Å². The number of hydrogen-bond donors (Lipinski definition) is 1. The Kier molecular flexibility index (Phi) is 6.94. The Hall–Kier alpha value is -3.40. The first-order chi connectivity index (χ1) is 17.7. The van der Waals surface area contributed by atoms with Gasteiger partial charge in [0.05, 0.1) is 22.5 Å². The quantitative estimate of drug-likeness (QED) is 0.363. The van der Waals surface area contributed by atoms with Crippen LogP contribution in [0.15, 0.2) is 67.0 Å². The lowest BCUT2D eigenvalue weighted by Gasteiger charge is -2.33. The van der Waals surface area contributed by atoms with E-state index in [1.165, 1.54) is 18.2 Å². The van der Waals surface area contributed by atoms with E-state index in [1.807, 2.05) is 40.7 Å². The maximum absolute atomic E-state index is 13.9. The number of anilines is 1. The number of fused-ring (bicyclic) bond motifs is 1. The number of piperazine rings is 1. The van der Waals surface area contributed by atoms with Crippen LogP contribution in [0.3, 0.4) is 0 Å². The van der Waals surface area contributed by atoms with Crippen LogP contribution in [0, 0.1) is 0 Å². The van der Waals surface area contributed by atoms with Crippen molar-refractivity contribution in [1.82, 2.24) is 19.2 Å². The summed E-state index contributed by atoms with van der Waals surface area (Å²) < 4.78 is 43.6. The van der Waals surface area contributed by atoms with Crippen molar-refractivity contribution in [2.45, 2.75) is 12.7 Å². The number of nitrogens with one attached hydrogen (secondary N) is 1. The number of alkyl halides is 3. The Morgan fingerprint density at radius 1 is 1.05 bits per heavy atom. The third kappa shape index (κ3) is 5.49. The molecule has 10 heteroatoms. The molecule has 1 aliphatic heterocycles. The molecule has 2 aromatic carbocycles. The van der Waals surface area contributed by atoms with Crippen LogP contribution >= 0.6 is 11.6 Å². The molecule has 5 rings (SSSR count). The molecular formula is C27H25ClF3N5O. The first-order valence-electron chi connectivity index (χ1n) is 11.8. The van der Waals surface area contributed by atoms with Crippen molar-refractivity contribution in [1.29, 1.82) is 0 Å². The van der Waals surface area contributed by atoms with Gasteiger partial charge in [-0.1, -0.05) is 23.7 Å². The van der Waals surface area contributed by atoms with Crippen LogP contribution in [-0.2, 0) is 12.7 Å². The molecule has 0 bridgehead atoms. The van der Waals surface area contributed by atoms with Gasteiger partial charge in [-0.3, -0.25) is 14.1 Å². The predicted molar refractivity (Wildman–Crippen MR) is 138 cm³/mol. The second-order valence-electron chi connectivity index (χ2n) is 9.17. The van der Waals surface area contributed by atoms with E-state index in [9.17, 15) is 18.0 Å². The van der Waals surface area contributed by atoms with Gasteiger partial charge in [0.15, 0.2) is 0 Å². The normalized spacial score (nSPS) is 15.3. The Morgan fingerprint density at radius 2 is 1.84 bits per heavy atom. The van der Waals surface area contributed by atoms with Gasteiger partial charge < -0.3 is 10.2 Å². The van der Waals surface area contributed by atoms with Crippen LogP contribution in [0.25, 0.3) is 16.9 Å². The molecule has 0 saturated carbocycles. The SMILES string of the molecule is CN1CCN(Cc2ccc(NC(=O)c3ccc(Cl)c(-c4cnc5ccccn45)c3)cc2C(F)(F)F)CC1. The molecule has 4 aromatic rings. The summed E-state index contributed by atoms with van der Waals surface area (Å²) >= 11 is 6.42. The van der Waals surface area contributed by atoms with Crippen molar-refractivity contribution in [2.24, 2.45) is 0 Å². The summed E-state index contributed by atoms with van der Waals surface area (Å²) in [7, 11) is 2.00. The van der Waals surface area contributed by atoms with E-state index < -0.39 is 17.6 Å². The topological polar surface area (TPSA) is 52.9 Å². The van der Waals surface area contributed by atoms with Gasteiger partial charge in [0.2, 0.25) is 0 Å². The molecule has 1 amide bonds. The zero-order valence-corrected chi connectivity index (χ0v) is 20.9. The molecule has 2 aromatic heterocycles. The number of hydrogen-bond acceptors (Lipinski definition) is 4. The highest BCUT2D eigenvalue weighted by molar-refractivity contribution is 6.33. The van der Waals surface area contributed by atoms with E-state index in [1.54, 1.807) is 18.3 Å². The second-order valence-corrected chi connectivity index (χ2v) is 9.58. The van der Waals surface area contributed by atoms with Crippen molar-refractivity contribution in [2.75, 3.05) is 38.5 Å². The van der Waals surface area contributed by atoms with Crippen LogP contribution in [0.2, 0.25) is 5.02 Å². The predicted octanol–water partition coefficient (Wildman–Crippen LogP) is 5.67. The third-order valence-corrected chi connectivity index (χ3v) is 6.91. The van der Waals surface area contributed by atoms with Crippen LogP contribution in [-0.4, -0.2) is 58.3 Å². The number of carbonyl (C=O) groups is 1. The van der Waals surface area contributed by atoms with Crippen LogP contribution in [0.1, 0.15) is 21.5 Å². The van der Waals surface area contributed by atoms with Gasteiger partial charge in [0.25, 0.3) is 5.91 Å². The first kappa shape index (κ1) is 25.3. The highest BCUT2D eigenvalue weighted by atomic mass is 35.5. The van der Waals surface area contributed by atoms with Gasteiger partial charge in [-0.2, -0.15) is 13.2 Å². The average molecular weight is 528 g/mol. The maximum Gasteiger partial charge on any atom is 0.416 e. The molecule has 37 heavy (non-hydrogen) atoms. The summed E-state index contributed by atoms with van der Waals surface area (Å²) in [4.78, 5) is 21.6. The molecule has 0 unspecified atom stereocenters. The van der Waals surface area contributed by atoms with Crippen molar-refractivity contribution in [3.8, 4) is 11.3 Å². The van der Waals surface area contributed by atoms with Crippen molar-refractivity contribution < 1.29 is 18.0 Å². The van der Waals surface area contributed by atoms with Gasteiger partial charge >= 0.3 is 6.18 Å². The zero-order chi connectivity index (χ0) is 26.2. The molecule has 0 aliphatic carbocycles. The Bertz CT molecular complexity index is 1440. The molecule has 3 heterocycles. The number of amides is 1. The van der Waals surface area contributed by atoms with Crippen molar-refractivity contribution in [3.05, 3.63) is 88.7 Å². The van der Waals surface area contributed by atoms with E-state index in [2.05, 4.69) is 15.2 Å². The number of nitrogens with zero attached hydrogens (tertiary/aromatic N) is 4. The fraction of sp³-hybridized carbons (Fsp3) is 0.259. The monoisotopic (exact) mass is 527 g/mol. The number of pyridine rings is 1. The molecule has 1 fully saturated rings. The number of benzene rings is 2. The Labute approximate surface area is 217 Å². The lowest BCUT2D eigenvalue weighted by molar-refractivity contribution is -0.138. The number of imidazole rings is 1. The molecule has 0 atom stereocenters.